The summed E-state index contributed by atoms with van der Waals surface area (Å²) in [6.07, 6.45) is 6.15. The number of thiophene rings is 1. The van der Waals surface area contributed by atoms with Crippen LogP contribution in [0.5, 0.6) is 0 Å². The molecule has 6 nitrogen and oxygen atoms in total. The lowest BCUT2D eigenvalue weighted by Gasteiger charge is -2.36. The van der Waals surface area contributed by atoms with Crippen molar-refractivity contribution in [2.45, 2.75) is 56.0 Å². The van der Waals surface area contributed by atoms with Crippen molar-refractivity contribution in [1.29, 1.82) is 0 Å². The van der Waals surface area contributed by atoms with E-state index < -0.39 is 23.9 Å². The Morgan fingerprint density at radius 2 is 2.17 bits per heavy atom. The quantitative estimate of drug-likeness (QED) is 0.680. The number of fused-ring (bicyclic) bond motifs is 1. The number of carbonyl (C=O) groups is 1. The van der Waals surface area contributed by atoms with E-state index in [4.69, 9.17) is 5.73 Å². The second kappa shape index (κ2) is 6.84. The number of hydrogen-bond acceptors (Lipinski definition) is 5. The molecule has 9 heteroatoms. The van der Waals surface area contributed by atoms with E-state index in [-0.39, 0.29) is 6.42 Å². The Morgan fingerprint density at radius 1 is 1.34 bits per heavy atom. The van der Waals surface area contributed by atoms with Gasteiger partial charge in [-0.25, -0.2) is 18.3 Å². The van der Waals surface area contributed by atoms with Crippen LogP contribution in [0.25, 0.3) is 16.9 Å². The van der Waals surface area contributed by atoms with Gasteiger partial charge in [0.15, 0.2) is 5.65 Å². The zero-order chi connectivity index (χ0) is 20.2. The van der Waals surface area contributed by atoms with Crippen LogP contribution in [0.2, 0.25) is 0 Å². The first-order chi connectivity index (χ1) is 13.9. The molecule has 2 aliphatic carbocycles. The van der Waals surface area contributed by atoms with E-state index in [2.05, 4.69) is 15.4 Å². The summed E-state index contributed by atoms with van der Waals surface area (Å²) in [7, 11) is 0. The van der Waals surface area contributed by atoms with Crippen molar-refractivity contribution < 1.29 is 13.6 Å². The van der Waals surface area contributed by atoms with E-state index in [0.717, 1.165) is 29.0 Å². The van der Waals surface area contributed by atoms with E-state index >= 15 is 0 Å². The molecule has 0 bridgehead atoms. The van der Waals surface area contributed by atoms with E-state index in [1.54, 1.807) is 23.0 Å². The smallest absolute Gasteiger partial charge is 0.269 e. The Kier molecular flexibility index (Phi) is 4.40. The maximum Gasteiger partial charge on any atom is 0.269 e. The number of rotatable bonds is 4. The fourth-order valence-electron chi connectivity index (χ4n) is 4.01. The molecule has 2 fully saturated rings. The van der Waals surface area contributed by atoms with Crippen LogP contribution in [-0.2, 0) is 0 Å². The molecule has 3 heterocycles. The fraction of sp³-hybridized carbons (Fsp3) is 0.450. The number of aromatic nitrogens is 3. The number of nitrogens with one attached hydrogen (secondary N) is 1. The highest BCUT2D eigenvalue weighted by Gasteiger charge is 2.46. The van der Waals surface area contributed by atoms with E-state index in [0.29, 0.717) is 29.3 Å². The van der Waals surface area contributed by atoms with Gasteiger partial charge in [-0.05, 0) is 49.8 Å². The summed E-state index contributed by atoms with van der Waals surface area (Å²) in [6.45, 7) is 0. The third-order valence-electron chi connectivity index (χ3n) is 5.70. The number of nitrogens with zero attached hydrogens (tertiary/aromatic N) is 3. The minimum absolute atomic E-state index is 0.248. The molecule has 3 aromatic rings. The van der Waals surface area contributed by atoms with Gasteiger partial charge in [-0.3, -0.25) is 4.79 Å². The number of imidazole rings is 1. The van der Waals surface area contributed by atoms with E-state index in [9.17, 15) is 13.6 Å². The molecular formula is C20H21F2N5OS. The molecule has 3 N–H and O–H groups in total. The minimum atomic E-state index is -2.99. The lowest BCUT2D eigenvalue weighted by Crippen LogP contribution is -2.59. The zero-order valence-corrected chi connectivity index (χ0v) is 16.5. The molecule has 0 aliphatic heterocycles. The van der Waals surface area contributed by atoms with Crippen molar-refractivity contribution in [3.05, 3.63) is 40.3 Å². The molecular weight excluding hydrogens is 396 g/mol. The minimum Gasteiger partial charge on any atom is -0.341 e. The van der Waals surface area contributed by atoms with Crippen LogP contribution >= 0.6 is 11.3 Å². The number of carbonyl (C=O) groups excluding carboxylic acids is 1. The van der Waals surface area contributed by atoms with Crippen LogP contribution in [0.4, 0.5) is 8.78 Å². The first-order valence-corrected chi connectivity index (χ1v) is 10.6. The van der Waals surface area contributed by atoms with Crippen LogP contribution in [0, 0.1) is 0 Å². The monoisotopic (exact) mass is 417 g/mol. The molecule has 29 heavy (non-hydrogen) atoms. The lowest BCUT2D eigenvalue weighted by atomic mass is 9.87. The second-order valence-electron chi connectivity index (χ2n) is 7.87. The van der Waals surface area contributed by atoms with Crippen molar-refractivity contribution in [2.24, 2.45) is 5.73 Å². The van der Waals surface area contributed by atoms with Crippen molar-refractivity contribution >= 4 is 22.9 Å². The van der Waals surface area contributed by atoms with E-state index in [1.165, 1.54) is 11.3 Å². The van der Waals surface area contributed by atoms with Crippen LogP contribution < -0.4 is 11.1 Å². The Hall–Kier alpha value is -2.39. The highest BCUT2D eigenvalue weighted by molar-refractivity contribution is 7.14. The maximum atomic E-state index is 14.3. The lowest BCUT2D eigenvalue weighted by molar-refractivity contribution is -0.0674. The van der Waals surface area contributed by atoms with Gasteiger partial charge in [0.2, 0.25) is 0 Å². The molecule has 152 valence electrons. The van der Waals surface area contributed by atoms with Gasteiger partial charge < -0.3 is 11.1 Å². The number of alkyl halides is 2. The summed E-state index contributed by atoms with van der Waals surface area (Å²) in [5, 5.41) is 6.87. The standard InChI is InChI=1S/C20H21F2N5OS/c21-20(22)7-1-3-13(23)18(20)26-19(28)15-9-12(17(29-15)11-5-6-11)14-10-24-16-4-2-8-25-27(14)16/h2,4,8-11,13,18H,1,3,5-7,23H2,(H,26,28)/t13-,18?/m1/s1. The average Bonchev–Trinajstić information content (AvgIpc) is 3.29. The van der Waals surface area contributed by atoms with E-state index in [1.807, 2.05) is 12.1 Å². The first-order valence-electron chi connectivity index (χ1n) is 9.81. The number of hydrogen-bond donors (Lipinski definition) is 2. The van der Waals surface area contributed by atoms with Crippen LogP contribution in [0.1, 0.15) is 52.6 Å². The van der Waals surface area contributed by atoms with Gasteiger partial charge in [0, 0.05) is 29.1 Å². The van der Waals surface area contributed by atoms with Gasteiger partial charge in [-0.2, -0.15) is 5.10 Å². The highest BCUT2D eigenvalue weighted by Crippen LogP contribution is 2.48. The van der Waals surface area contributed by atoms with Crippen LogP contribution in [-0.4, -0.2) is 38.5 Å². The van der Waals surface area contributed by atoms with Gasteiger partial charge in [0.05, 0.1) is 16.8 Å². The van der Waals surface area contributed by atoms with Gasteiger partial charge >= 0.3 is 0 Å². The molecule has 1 amide bonds. The second-order valence-corrected chi connectivity index (χ2v) is 8.95. The highest BCUT2D eigenvalue weighted by atomic mass is 32.1. The summed E-state index contributed by atoms with van der Waals surface area (Å²) in [6, 6.07) is 3.37. The largest absolute Gasteiger partial charge is 0.341 e. The Morgan fingerprint density at radius 3 is 2.93 bits per heavy atom. The summed E-state index contributed by atoms with van der Waals surface area (Å²) in [5.74, 6) is -3.09. The van der Waals surface area contributed by atoms with Gasteiger partial charge in [0.25, 0.3) is 11.8 Å². The number of nitrogens with two attached hydrogens (primary N) is 1. The first kappa shape index (κ1) is 18.6. The molecule has 2 atom stereocenters. The van der Waals surface area contributed by atoms with Crippen molar-refractivity contribution in [3.8, 4) is 11.3 Å². The maximum absolute atomic E-state index is 14.3. The Labute approximate surface area is 170 Å². The Balaban J connectivity index is 1.49. The van der Waals surface area contributed by atoms with Crippen molar-refractivity contribution in [1.82, 2.24) is 19.9 Å². The molecule has 1 unspecified atom stereocenters. The molecule has 0 aromatic carbocycles. The molecule has 2 aliphatic rings. The SMILES string of the molecule is N[C@@H]1CCCC(F)(F)C1NC(=O)c1cc(-c2cnc3cccnn23)c(C2CC2)s1. The predicted octanol–water partition coefficient (Wildman–Crippen LogP) is 3.58. The molecule has 0 saturated heterocycles. The summed E-state index contributed by atoms with van der Waals surface area (Å²) in [5.41, 5.74) is 8.32. The van der Waals surface area contributed by atoms with Gasteiger partial charge in [0.1, 0.15) is 6.04 Å². The summed E-state index contributed by atoms with van der Waals surface area (Å²) < 4.78 is 30.3. The van der Waals surface area contributed by atoms with Gasteiger partial charge in [-0.15, -0.1) is 11.3 Å². The summed E-state index contributed by atoms with van der Waals surface area (Å²) in [4.78, 5) is 18.7. The zero-order valence-electron chi connectivity index (χ0n) is 15.6. The third kappa shape index (κ3) is 3.32. The molecule has 2 saturated carbocycles. The molecule has 3 aromatic heterocycles. The van der Waals surface area contributed by atoms with Crippen molar-refractivity contribution in [2.75, 3.05) is 0 Å². The number of amides is 1. The Bertz CT molecular complexity index is 1070. The number of halogens is 2. The normalized spacial score (nSPS) is 24.0. The molecule has 0 spiro atoms. The van der Waals surface area contributed by atoms with Crippen LogP contribution in [0.3, 0.4) is 0 Å². The summed E-state index contributed by atoms with van der Waals surface area (Å²) >= 11 is 1.37. The topological polar surface area (TPSA) is 85.3 Å². The average molecular weight is 417 g/mol. The van der Waals surface area contributed by atoms with Gasteiger partial charge in [-0.1, -0.05) is 0 Å². The van der Waals surface area contributed by atoms with Crippen molar-refractivity contribution in [3.63, 3.8) is 0 Å². The predicted molar refractivity (Wildman–Crippen MR) is 106 cm³/mol. The third-order valence-corrected chi connectivity index (χ3v) is 7.00. The fourth-order valence-corrected chi connectivity index (χ4v) is 5.25. The molecule has 5 rings (SSSR count). The molecule has 0 radical (unpaired) electrons. The van der Waals surface area contributed by atoms with Crippen LogP contribution in [0.15, 0.2) is 30.6 Å².